The van der Waals surface area contributed by atoms with E-state index in [0.717, 1.165) is 31.2 Å². The van der Waals surface area contributed by atoms with E-state index >= 15 is 0 Å². The van der Waals surface area contributed by atoms with Crippen molar-refractivity contribution in [3.05, 3.63) is 30.0 Å². The van der Waals surface area contributed by atoms with Crippen LogP contribution in [0.25, 0.3) is 10.9 Å². The van der Waals surface area contributed by atoms with Crippen LogP contribution in [0.3, 0.4) is 0 Å². The van der Waals surface area contributed by atoms with Gasteiger partial charge in [-0.1, -0.05) is 19.1 Å². The molecule has 142 valence electrons. The van der Waals surface area contributed by atoms with Crippen molar-refractivity contribution >= 4 is 10.9 Å². The van der Waals surface area contributed by atoms with Crippen LogP contribution in [0.15, 0.2) is 24.4 Å². The minimum atomic E-state index is 0.622. The minimum absolute atomic E-state index is 0.622. The molecule has 4 rings (SSSR count). The van der Waals surface area contributed by atoms with Gasteiger partial charge in [-0.3, -0.25) is 9.58 Å². The first-order valence-corrected chi connectivity index (χ1v) is 10.3. The van der Waals surface area contributed by atoms with Gasteiger partial charge in [0.05, 0.1) is 11.7 Å². The van der Waals surface area contributed by atoms with E-state index in [4.69, 9.17) is 4.74 Å². The molecule has 0 amide bonds. The van der Waals surface area contributed by atoms with E-state index in [2.05, 4.69) is 46.7 Å². The standard InChI is InChI=1S/C22H33N3O/c1-16-4-5-19-13-23-25(22(19)10-16)15-17(2)14-24-20-6-7-21(24)12-18(11-20)8-9-26-3/h4-5,10,13,17-18,20-21H,6-9,11-12,14-15H2,1-3H3/t17?,18?,20-,21+. The Morgan fingerprint density at radius 3 is 2.69 bits per heavy atom. The molecule has 2 saturated heterocycles. The van der Waals surface area contributed by atoms with Gasteiger partial charge in [0.1, 0.15) is 0 Å². The molecule has 1 aromatic heterocycles. The molecule has 0 N–H and O–H groups in total. The lowest BCUT2D eigenvalue weighted by Crippen LogP contribution is -2.45. The van der Waals surface area contributed by atoms with Crippen LogP contribution in [0, 0.1) is 18.8 Å². The Hall–Kier alpha value is -1.39. The molecule has 0 saturated carbocycles. The lowest BCUT2D eigenvalue weighted by atomic mass is 9.88. The van der Waals surface area contributed by atoms with Crippen molar-refractivity contribution in [3.63, 3.8) is 0 Å². The molecule has 4 nitrogen and oxygen atoms in total. The maximum atomic E-state index is 5.31. The Labute approximate surface area is 157 Å². The SMILES string of the molecule is COCCC1C[C@H]2CC[C@@H](C1)N2CC(C)Cn1ncc2ccc(C)cc21. The van der Waals surface area contributed by atoms with E-state index < -0.39 is 0 Å². The van der Waals surface area contributed by atoms with Crippen LogP contribution in [0.4, 0.5) is 0 Å². The molecule has 1 aromatic carbocycles. The van der Waals surface area contributed by atoms with Crippen LogP contribution in [-0.2, 0) is 11.3 Å². The fraction of sp³-hybridized carbons (Fsp3) is 0.682. The molecule has 2 bridgehead atoms. The number of aromatic nitrogens is 2. The normalized spacial score (nSPS) is 27.3. The smallest absolute Gasteiger partial charge is 0.0685 e. The molecular formula is C22H33N3O. The number of nitrogens with zero attached hydrogens (tertiary/aromatic N) is 3. The Morgan fingerprint density at radius 2 is 1.96 bits per heavy atom. The van der Waals surface area contributed by atoms with Gasteiger partial charge in [0.15, 0.2) is 0 Å². The second-order valence-electron chi connectivity index (χ2n) is 8.69. The summed E-state index contributed by atoms with van der Waals surface area (Å²) < 4.78 is 7.51. The molecule has 2 aliphatic heterocycles. The highest BCUT2D eigenvalue weighted by atomic mass is 16.5. The summed E-state index contributed by atoms with van der Waals surface area (Å²) in [5, 5.41) is 5.90. The summed E-state index contributed by atoms with van der Waals surface area (Å²) in [4.78, 5) is 2.82. The molecular weight excluding hydrogens is 322 g/mol. The highest BCUT2D eigenvalue weighted by molar-refractivity contribution is 5.79. The lowest BCUT2D eigenvalue weighted by molar-refractivity contribution is 0.0700. The topological polar surface area (TPSA) is 30.3 Å². The highest BCUT2D eigenvalue weighted by Gasteiger charge is 2.40. The van der Waals surface area contributed by atoms with Gasteiger partial charge in [-0.25, -0.2) is 0 Å². The first-order chi connectivity index (χ1) is 12.6. The molecule has 0 aliphatic carbocycles. The van der Waals surface area contributed by atoms with Crippen LogP contribution in [0.5, 0.6) is 0 Å². The van der Waals surface area contributed by atoms with Gasteiger partial charge in [-0.15, -0.1) is 0 Å². The van der Waals surface area contributed by atoms with Crippen molar-refractivity contribution in [3.8, 4) is 0 Å². The molecule has 2 aliphatic rings. The van der Waals surface area contributed by atoms with Gasteiger partial charge in [0, 0.05) is 44.3 Å². The van der Waals surface area contributed by atoms with E-state index in [1.807, 2.05) is 13.3 Å². The maximum absolute atomic E-state index is 5.31. The van der Waals surface area contributed by atoms with Crippen LogP contribution in [0.2, 0.25) is 0 Å². The van der Waals surface area contributed by atoms with Crippen LogP contribution < -0.4 is 0 Å². The quantitative estimate of drug-likeness (QED) is 0.743. The Kier molecular flexibility index (Phi) is 5.32. The van der Waals surface area contributed by atoms with Crippen molar-refractivity contribution in [1.82, 2.24) is 14.7 Å². The number of methoxy groups -OCH3 is 1. The summed E-state index contributed by atoms with van der Waals surface area (Å²) in [6, 6.07) is 8.22. The average molecular weight is 356 g/mol. The van der Waals surface area contributed by atoms with Crippen LogP contribution >= 0.6 is 0 Å². The number of hydrogen-bond acceptors (Lipinski definition) is 3. The van der Waals surface area contributed by atoms with Gasteiger partial charge in [-0.2, -0.15) is 5.10 Å². The molecule has 26 heavy (non-hydrogen) atoms. The number of benzene rings is 1. The van der Waals surface area contributed by atoms with Gasteiger partial charge in [0.2, 0.25) is 0 Å². The third-order valence-electron chi connectivity index (χ3n) is 6.52. The molecule has 2 aromatic rings. The number of aryl methyl sites for hydroxylation is 1. The van der Waals surface area contributed by atoms with Gasteiger partial charge in [-0.05, 0) is 62.5 Å². The van der Waals surface area contributed by atoms with Crippen molar-refractivity contribution in [1.29, 1.82) is 0 Å². The fourth-order valence-corrected chi connectivity index (χ4v) is 5.24. The van der Waals surface area contributed by atoms with Crippen LogP contribution in [-0.4, -0.2) is 47.0 Å². The number of rotatable bonds is 7. The molecule has 4 heteroatoms. The zero-order valence-electron chi connectivity index (χ0n) is 16.5. The second kappa shape index (κ2) is 7.69. The fourth-order valence-electron chi connectivity index (χ4n) is 5.24. The molecule has 3 heterocycles. The summed E-state index contributed by atoms with van der Waals surface area (Å²) >= 11 is 0. The first-order valence-electron chi connectivity index (χ1n) is 10.3. The zero-order chi connectivity index (χ0) is 18.1. The van der Waals surface area contributed by atoms with Gasteiger partial charge >= 0.3 is 0 Å². The van der Waals surface area contributed by atoms with Crippen molar-refractivity contribution in [2.75, 3.05) is 20.3 Å². The number of ether oxygens (including phenoxy) is 1. The summed E-state index contributed by atoms with van der Waals surface area (Å²) in [7, 11) is 1.83. The Morgan fingerprint density at radius 1 is 1.19 bits per heavy atom. The largest absolute Gasteiger partial charge is 0.385 e. The Bertz CT molecular complexity index is 726. The van der Waals surface area contributed by atoms with Gasteiger partial charge in [0.25, 0.3) is 0 Å². The highest BCUT2D eigenvalue weighted by Crippen LogP contribution is 2.40. The summed E-state index contributed by atoms with van der Waals surface area (Å²) in [5.41, 5.74) is 2.58. The third kappa shape index (κ3) is 3.67. The number of hydrogen-bond donors (Lipinski definition) is 0. The molecule has 0 radical (unpaired) electrons. The summed E-state index contributed by atoms with van der Waals surface area (Å²) in [6.07, 6.45) is 8.78. The summed E-state index contributed by atoms with van der Waals surface area (Å²) in [6.45, 7) is 7.69. The molecule has 4 atom stereocenters. The predicted molar refractivity (Wildman–Crippen MR) is 106 cm³/mol. The first kappa shape index (κ1) is 18.0. The Balaban J connectivity index is 1.38. The minimum Gasteiger partial charge on any atom is -0.385 e. The van der Waals surface area contributed by atoms with E-state index in [-0.39, 0.29) is 0 Å². The maximum Gasteiger partial charge on any atom is 0.0685 e. The number of piperidine rings is 1. The summed E-state index contributed by atoms with van der Waals surface area (Å²) in [5.74, 6) is 1.49. The van der Waals surface area contributed by atoms with Crippen molar-refractivity contribution in [2.24, 2.45) is 11.8 Å². The molecule has 2 unspecified atom stereocenters. The second-order valence-corrected chi connectivity index (χ2v) is 8.69. The van der Waals surface area contributed by atoms with Crippen molar-refractivity contribution in [2.45, 2.75) is 64.6 Å². The van der Waals surface area contributed by atoms with E-state index in [1.165, 1.54) is 55.1 Å². The zero-order valence-corrected chi connectivity index (χ0v) is 16.5. The van der Waals surface area contributed by atoms with Gasteiger partial charge < -0.3 is 4.74 Å². The lowest BCUT2D eigenvalue weighted by Gasteiger charge is -2.40. The average Bonchev–Trinajstić information content (AvgIpc) is 3.10. The van der Waals surface area contributed by atoms with E-state index in [1.54, 1.807) is 0 Å². The van der Waals surface area contributed by atoms with E-state index in [9.17, 15) is 0 Å². The molecule has 0 spiro atoms. The monoisotopic (exact) mass is 355 g/mol. The van der Waals surface area contributed by atoms with Crippen LogP contribution in [0.1, 0.15) is 44.6 Å². The molecule has 2 fully saturated rings. The van der Waals surface area contributed by atoms with E-state index in [0.29, 0.717) is 5.92 Å². The predicted octanol–water partition coefficient (Wildman–Crippen LogP) is 4.26. The third-order valence-corrected chi connectivity index (χ3v) is 6.52. The van der Waals surface area contributed by atoms with Crippen molar-refractivity contribution < 1.29 is 4.74 Å². The number of fused-ring (bicyclic) bond motifs is 3.